The number of hydrogen-bond acceptors (Lipinski definition) is 4. The molecule has 1 aromatic rings. The summed E-state index contributed by atoms with van der Waals surface area (Å²) in [6, 6.07) is 1.67. The van der Waals surface area contributed by atoms with E-state index in [9.17, 15) is 4.79 Å². The first kappa shape index (κ1) is 12.4. The van der Waals surface area contributed by atoms with Gasteiger partial charge in [-0.1, -0.05) is 5.16 Å². The van der Waals surface area contributed by atoms with Crippen molar-refractivity contribution >= 4 is 17.5 Å². The van der Waals surface area contributed by atoms with Crippen LogP contribution in [0.4, 0.5) is 0 Å². The Bertz CT molecular complexity index is 386. The zero-order chi connectivity index (χ0) is 12.3. The molecule has 0 saturated carbocycles. The molecule has 2 rings (SSSR count). The lowest BCUT2D eigenvalue weighted by atomic mass is 10.2. The van der Waals surface area contributed by atoms with Gasteiger partial charge in [0.25, 0.3) is 5.91 Å². The van der Waals surface area contributed by atoms with Crippen molar-refractivity contribution in [2.24, 2.45) is 0 Å². The van der Waals surface area contributed by atoms with Gasteiger partial charge in [0.15, 0.2) is 5.69 Å². The van der Waals surface area contributed by atoms with E-state index in [-0.39, 0.29) is 5.91 Å². The third-order valence-corrected chi connectivity index (χ3v) is 3.08. The Morgan fingerprint density at radius 3 is 2.71 bits per heavy atom. The maximum atomic E-state index is 12.0. The molecule has 1 aromatic heterocycles. The molecule has 0 aromatic carbocycles. The number of aryl methyl sites for hydroxylation is 1. The van der Waals surface area contributed by atoms with Gasteiger partial charge in [-0.05, 0) is 6.92 Å². The van der Waals surface area contributed by atoms with Crippen LogP contribution in [0.2, 0.25) is 0 Å². The molecule has 2 heterocycles. The molecule has 5 nitrogen and oxygen atoms in total. The van der Waals surface area contributed by atoms with E-state index in [0.29, 0.717) is 17.3 Å². The lowest BCUT2D eigenvalue weighted by Crippen LogP contribution is -2.49. The van der Waals surface area contributed by atoms with Crippen molar-refractivity contribution in [3.63, 3.8) is 0 Å². The van der Waals surface area contributed by atoms with Crippen LogP contribution in [-0.4, -0.2) is 59.5 Å². The molecule has 94 valence electrons. The molecule has 1 fully saturated rings. The Kier molecular flexibility index (Phi) is 4.02. The van der Waals surface area contributed by atoms with Crippen molar-refractivity contribution in [2.45, 2.75) is 6.92 Å². The molecule has 17 heavy (non-hydrogen) atoms. The van der Waals surface area contributed by atoms with Crippen LogP contribution < -0.4 is 0 Å². The number of alkyl halides is 1. The first-order valence-corrected chi connectivity index (χ1v) is 6.25. The normalized spacial score (nSPS) is 17.4. The zero-order valence-electron chi connectivity index (χ0n) is 9.86. The van der Waals surface area contributed by atoms with Crippen LogP contribution >= 0.6 is 11.6 Å². The predicted molar refractivity (Wildman–Crippen MR) is 64.3 cm³/mol. The van der Waals surface area contributed by atoms with Gasteiger partial charge in [0, 0.05) is 44.7 Å². The molecule has 6 heteroatoms. The molecule has 1 amide bonds. The van der Waals surface area contributed by atoms with Gasteiger partial charge in [-0.25, -0.2) is 0 Å². The fourth-order valence-electron chi connectivity index (χ4n) is 1.92. The molecule has 0 aliphatic carbocycles. The Balaban J connectivity index is 1.90. The number of nitrogens with zero attached hydrogens (tertiary/aromatic N) is 3. The third kappa shape index (κ3) is 2.98. The van der Waals surface area contributed by atoms with Crippen molar-refractivity contribution in [3.8, 4) is 0 Å². The summed E-state index contributed by atoms with van der Waals surface area (Å²) in [6.45, 7) is 5.85. The minimum absolute atomic E-state index is 0.0487. The van der Waals surface area contributed by atoms with Crippen LogP contribution in [0, 0.1) is 6.92 Å². The highest BCUT2D eigenvalue weighted by atomic mass is 35.5. The highest BCUT2D eigenvalue weighted by molar-refractivity contribution is 6.18. The van der Waals surface area contributed by atoms with Gasteiger partial charge >= 0.3 is 0 Å². The standard InChI is InChI=1S/C11H16ClN3O2/c1-9-8-10(13-17-9)11(16)15-6-4-14(3-2-12)5-7-15/h8H,2-7H2,1H3. The zero-order valence-corrected chi connectivity index (χ0v) is 10.6. The van der Waals surface area contributed by atoms with Gasteiger partial charge in [-0.2, -0.15) is 0 Å². The minimum atomic E-state index is -0.0487. The molecule has 0 atom stereocenters. The number of aromatic nitrogens is 1. The maximum absolute atomic E-state index is 12.0. The summed E-state index contributed by atoms with van der Waals surface area (Å²) >= 11 is 5.69. The predicted octanol–water partition coefficient (Wildman–Crippen LogP) is 0.980. The topological polar surface area (TPSA) is 49.6 Å². The summed E-state index contributed by atoms with van der Waals surface area (Å²) < 4.78 is 4.91. The summed E-state index contributed by atoms with van der Waals surface area (Å²) in [5, 5.41) is 3.75. The van der Waals surface area contributed by atoms with Crippen LogP contribution in [0.1, 0.15) is 16.2 Å². The van der Waals surface area contributed by atoms with E-state index in [0.717, 1.165) is 32.7 Å². The third-order valence-electron chi connectivity index (χ3n) is 2.91. The minimum Gasteiger partial charge on any atom is -0.361 e. The monoisotopic (exact) mass is 257 g/mol. The van der Waals surface area contributed by atoms with Gasteiger partial charge in [0.1, 0.15) is 5.76 Å². The van der Waals surface area contributed by atoms with Crippen molar-refractivity contribution in [2.75, 3.05) is 38.6 Å². The molecule has 0 unspecified atom stereocenters. The van der Waals surface area contributed by atoms with Crippen LogP contribution in [0.3, 0.4) is 0 Å². The highest BCUT2D eigenvalue weighted by Gasteiger charge is 2.23. The molecule has 0 N–H and O–H groups in total. The second kappa shape index (κ2) is 5.51. The largest absolute Gasteiger partial charge is 0.361 e. The molecule has 1 aliphatic heterocycles. The highest BCUT2D eigenvalue weighted by Crippen LogP contribution is 2.09. The summed E-state index contributed by atoms with van der Waals surface area (Å²) in [7, 11) is 0. The molecule has 1 saturated heterocycles. The number of carbonyl (C=O) groups excluding carboxylic acids is 1. The van der Waals surface area contributed by atoms with E-state index in [1.807, 2.05) is 4.90 Å². The van der Waals surface area contributed by atoms with Crippen molar-refractivity contribution in [1.82, 2.24) is 15.0 Å². The summed E-state index contributed by atoms with van der Waals surface area (Å²) in [5.41, 5.74) is 0.397. The number of rotatable bonds is 3. The number of carbonyl (C=O) groups is 1. The van der Waals surface area contributed by atoms with Crippen LogP contribution in [0.25, 0.3) is 0 Å². The molecule has 0 radical (unpaired) electrons. The van der Waals surface area contributed by atoms with Gasteiger partial charge in [-0.15, -0.1) is 11.6 Å². The van der Waals surface area contributed by atoms with Gasteiger partial charge in [0.05, 0.1) is 0 Å². The Labute approximate surface area is 105 Å². The van der Waals surface area contributed by atoms with Crippen LogP contribution in [-0.2, 0) is 0 Å². The molecular weight excluding hydrogens is 242 g/mol. The maximum Gasteiger partial charge on any atom is 0.276 e. The lowest BCUT2D eigenvalue weighted by molar-refractivity contribution is 0.0634. The van der Waals surface area contributed by atoms with Gasteiger partial charge in [-0.3, -0.25) is 9.69 Å². The van der Waals surface area contributed by atoms with Crippen LogP contribution in [0.15, 0.2) is 10.6 Å². The molecule has 0 spiro atoms. The second-order valence-corrected chi connectivity index (χ2v) is 4.52. The Hall–Kier alpha value is -1.07. The van der Waals surface area contributed by atoms with Gasteiger partial charge in [0.2, 0.25) is 0 Å². The van der Waals surface area contributed by atoms with E-state index in [2.05, 4.69) is 10.1 Å². The summed E-state index contributed by atoms with van der Waals surface area (Å²) in [6.07, 6.45) is 0. The summed E-state index contributed by atoms with van der Waals surface area (Å²) in [4.78, 5) is 16.1. The SMILES string of the molecule is Cc1cc(C(=O)N2CCN(CCCl)CC2)no1. The van der Waals surface area contributed by atoms with Crippen molar-refractivity contribution in [1.29, 1.82) is 0 Å². The number of hydrogen-bond donors (Lipinski definition) is 0. The fraction of sp³-hybridized carbons (Fsp3) is 0.636. The summed E-state index contributed by atoms with van der Waals surface area (Å²) in [5.74, 6) is 1.25. The smallest absolute Gasteiger partial charge is 0.276 e. The lowest BCUT2D eigenvalue weighted by Gasteiger charge is -2.33. The van der Waals surface area contributed by atoms with Crippen LogP contribution in [0.5, 0.6) is 0 Å². The number of piperazine rings is 1. The first-order valence-electron chi connectivity index (χ1n) is 5.71. The van der Waals surface area contributed by atoms with E-state index in [1.165, 1.54) is 0 Å². The number of amides is 1. The first-order chi connectivity index (χ1) is 8.20. The molecule has 0 bridgehead atoms. The average molecular weight is 258 g/mol. The number of halogens is 1. The van der Waals surface area contributed by atoms with E-state index < -0.39 is 0 Å². The van der Waals surface area contributed by atoms with E-state index >= 15 is 0 Å². The Morgan fingerprint density at radius 1 is 1.47 bits per heavy atom. The van der Waals surface area contributed by atoms with E-state index in [4.69, 9.17) is 16.1 Å². The molecule has 1 aliphatic rings. The van der Waals surface area contributed by atoms with Crippen molar-refractivity contribution < 1.29 is 9.32 Å². The van der Waals surface area contributed by atoms with Crippen molar-refractivity contribution in [3.05, 3.63) is 17.5 Å². The second-order valence-electron chi connectivity index (χ2n) is 4.15. The van der Waals surface area contributed by atoms with E-state index in [1.54, 1.807) is 13.0 Å². The quantitative estimate of drug-likeness (QED) is 0.758. The van der Waals surface area contributed by atoms with Gasteiger partial charge < -0.3 is 9.42 Å². The molecular formula is C11H16ClN3O2. The Morgan fingerprint density at radius 2 is 2.18 bits per heavy atom. The fourth-order valence-corrected chi connectivity index (χ4v) is 2.16. The average Bonchev–Trinajstić information content (AvgIpc) is 2.76.